The van der Waals surface area contributed by atoms with Crippen molar-refractivity contribution in [1.29, 1.82) is 0 Å². The van der Waals surface area contributed by atoms with Crippen molar-refractivity contribution in [1.82, 2.24) is 9.97 Å². The summed E-state index contributed by atoms with van der Waals surface area (Å²) in [5.74, 6) is 7.68. The Hall–Kier alpha value is -1.40. The first kappa shape index (κ1) is 13.6. The van der Waals surface area contributed by atoms with Gasteiger partial charge in [0.25, 0.3) is 0 Å². The third kappa shape index (κ3) is 2.33. The fourth-order valence-electron chi connectivity index (χ4n) is 3.20. The first-order valence-electron chi connectivity index (χ1n) is 7.15. The molecule has 2 aromatic rings. The van der Waals surface area contributed by atoms with Crippen molar-refractivity contribution in [2.24, 2.45) is 11.8 Å². The lowest BCUT2D eigenvalue weighted by atomic mass is 9.85. The molecule has 5 nitrogen and oxygen atoms in total. The van der Waals surface area contributed by atoms with Crippen LogP contribution >= 0.6 is 11.3 Å². The average molecular weight is 291 g/mol. The average Bonchev–Trinajstić information content (AvgIpc) is 2.94. The highest BCUT2D eigenvalue weighted by atomic mass is 32.1. The molecule has 2 atom stereocenters. The summed E-state index contributed by atoms with van der Waals surface area (Å²) >= 11 is 1.62. The van der Waals surface area contributed by atoms with Crippen molar-refractivity contribution in [2.75, 3.05) is 17.4 Å². The minimum atomic E-state index is 0.491. The molecule has 0 bridgehead atoms. The van der Waals surface area contributed by atoms with E-state index in [2.05, 4.69) is 45.7 Å². The van der Waals surface area contributed by atoms with Gasteiger partial charge in [-0.3, -0.25) is 5.43 Å². The Morgan fingerprint density at radius 3 is 2.90 bits per heavy atom. The van der Waals surface area contributed by atoms with Gasteiger partial charge in [0.15, 0.2) is 0 Å². The molecule has 2 heterocycles. The zero-order valence-electron chi connectivity index (χ0n) is 12.0. The van der Waals surface area contributed by atoms with Gasteiger partial charge in [-0.25, -0.2) is 10.8 Å². The van der Waals surface area contributed by atoms with Gasteiger partial charge in [-0.15, -0.1) is 11.3 Å². The molecule has 108 valence electrons. The Morgan fingerprint density at radius 2 is 2.15 bits per heavy atom. The van der Waals surface area contributed by atoms with E-state index in [1.165, 1.54) is 25.7 Å². The number of fused-ring (bicyclic) bond motifs is 1. The molecule has 3 N–H and O–H groups in total. The molecule has 0 aliphatic heterocycles. The van der Waals surface area contributed by atoms with Crippen molar-refractivity contribution in [3.05, 3.63) is 11.4 Å². The number of nitrogens with one attached hydrogen (secondary N) is 1. The van der Waals surface area contributed by atoms with E-state index in [1.807, 2.05) is 0 Å². The van der Waals surface area contributed by atoms with Gasteiger partial charge in [0, 0.05) is 13.1 Å². The van der Waals surface area contributed by atoms with Crippen molar-refractivity contribution in [2.45, 2.75) is 38.6 Å². The highest BCUT2D eigenvalue weighted by Crippen LogP contribution is 2.34. The number of nitrogens with zero attached hydrogens (tertiary/aromatic N) is 3. The summed E-state index contributed by atoms with van der Waals surface area (Å²) in [7, 11) is 2.15. The number of hydrazine groups is 1. The molecule has 0 spiro atoms. The summed E-state index contributed by atoms with van der Waals surface area (Å²) in [6.07, 6.45) is 5.19. The molecule has 2 unspecified atom stereocenters. The Morgan fingerprint density at radius 1 is 1.35 bits per heavy atom. The number of aromatic nitrogens is 2. The third-order valence-corrected chi connectivity index (χ3v) is 5.14. The van der Waals surface area contributed by atoms with E-state index in [9.17, 15) is 0 Å². The van der Waals surface area contributed by atoms with Crippen LogP contribution in [0.2, 0.25) is 0 Å². The van der Waals surface area contributed by atoms with Gasteiger partial charge in [0.1, 0.15) is 10.6 Å². The van der Waals surface area contributed by atoms with Crippen LogP contribution < -0.4 is 16.2 Å². The van der Waals surface area contributed by atoms with E-state index in [4.69, 9.17) is 5.84 Å². The fourth-order valence-corrected chi connectivity index (χ4v) is 3.96. The predicted molar refractivity (Wildman–Crippen MR) is 85.0 cm³/mol. The second kappa shape index (κ2) is 5.54. The molecule has 6 heteroatoms. The Labute approximate surface area is 123 Å². The summed E-state index contributed by atoms with van der Waals surface area (Å²) in [5, 5.41) is 3.18. The monoisotopic (exact) mass is 291 g/mol. The van der Waals surface area contributed by atoms with E-state index in [-0.39, 0.29) is 0 Å². The van der Waals surface area contributed by atoms with Gasteiger partial charge < -0.3 is 4.90 Å². The van der Waals surface area contributed by atoms with Crippen molar-refractivity contribution < 1.29 is 0 Å². The molecule has 1 saturated carbocycles. The number of rotatable bonds is 3. The highest BCUT2D eigenvalue weighted by molar-refractivity contribution is 7.16. The number of nitrogen functional groups attached to an aromatic ring is 1. The first-order valence-corrected chi connectivity index (χ1v) is 8.03. The lowest BCUT2D eigenvalue weighted by Crippen LogP contribution is -2.39. The summed E-state index contributed by atoms with van der Waals surface area (Å²) in [4.78, 5) is 12.3. The maximum absolute atomic E-state index is 5.50. The Kier molecular flexibility index (Phi) is 3.76. The van der Waals surface area contributed by atoms with Crippen molar-refractivity contribution in [3.63, 3.8) is 0 Å². The van der Waals surface area contributed by atoms with Gasteiger partial charge >= 0.3 is 0 Å². The Bertz CT molecular complexity index is 596. The lowest BCUT2D eigenvalue weighted by molar-refractivity contribution is 0.321. The fraction of sp³-hybridized carbons (Fsp3) is 0.571. The van der Waals surface area contributed by atoms with Crippen LogP contribution in [0.15, 0.2) is 11.4 Å². The van der Waals surface area contributed by atoms with E-state index >= 15 is 0 Å². The number of hydrogen-bond donors (Lipinski definition) is 2. The van der Waals surface area contributed by atoms with Gasteiger partial charge in [0.2, 0.25) is 5.95 Å². The zero-order valence-corrected chi connectivity index (χ0v) is 12.8. The molecule has 3 rings (SSSR count). The number of hydrogen-bond acceptors (Lipinski definition) is 6. The summed E-state index contributed by atoms with van der Waals surface area (Å²) in [6.45, 7) is 2.34. The first-order chi connectivity index (χ1) is 9.70. The molecule has 0 saturated heterocycles. The maximum Gasteiger partial charge on any atom is 0.240 e. The molecule has 1 aliphatic rings. The van der Waals surface area contributed by atoms with Crippen LogP contribution in [-0.4, -0.2) is 23.1 Å². The standard InChI is InChI=1S/C14H21N5S/c1-9-5-3-4-6-11(9)19(2)12-10-7-8-20-13(10)17-14(16-12)18-15/h7-9,11H,3-6,15H2,1-2H3,(H,16,17,18). The second-order valence-electron chi connectivity index (χ2n) is 5.59. The molecular formula is C14H21N5S. The number of nitrogens with two attached hydrogens (primary N) is 1. The molecule has 1 fully saturated rings. The van der Waals surface area contributed by atoms with E-state index in [0.29, 0.717) is 17.9 Å². The largest absolute Gasteiger partial charge is 0.356 e. The smallest absolute Gasteiger partial charge is 0.240 e. The van der Waals surface area contributed by atoms with Crippen LogP contribution in [0.3, 0.4) is 0 Å². The van der Waals surface area contributed by atoms with Gasteiger partial charge in [-0.1, -0.05) is 19.8 Å². The normalized spacial score (nSPS) is 22.9. The highest BCUT2D eigenvalue weighted by Gasteiger charge is 2.27. The van der Waals surface area contributed by atoms with Gasteiger partial charge in [-0.05, 0) is 30.2 Å². The van der Waals surface area contributed by atoms with E-state index in [1.54, 1.807) is 11.3 Å². The molecule has 1 aliphatic carbocycles. The van der Waals surface area contributed by atoms with Crippen LogP contribution in [-0.2, 0) is 0 Å². The minimum Gasteiger partial charge on any atom is -0.356 e. The van der Waals surface area contributed by atoms with Crippen LogP contribution in [0.25, 0.3) is 10.2 Å². The van der Waals surface area contributed by atoms with Crippen molar-refractivity contribution in [3.8, 4) is 0 Å². The summed E-state index contributed by atoms with van der Waals surface area (Å²) < 4.78 is 0. The van der Waals surface area contributed by atoms with Crippen LogP contribution in [0, 0.1) is 5.92 Å². The van der Waals surface area contributed by atoms with Crippen LogP contribution in [0.1, 0.15) is 32.6 Å². The third-order valence-electron chi connectivity index (χ3n) is 4.33. The number of thiophene rings is 1. The topological polar surface area (TPSA) is 67.1 Å². The molecule has 0 amide bonds. The lowest BCUT2D eigenvalue weighted by Gasteiger charge is -2.37. The number of anilines is 2. The molecule has 2 aromatic heterocycles. The SMILES string of the molecule is CC1CCCCC1N(C)c1nc(NN)nc2sccc12. The molecule has 20 heavy (non-hydrogen) atoms. The quantitative estimate of drug-likeness (QED) is 0.672. The van der Waals surface area contributed by atoms with Crippen LogP contribution in [0.4, 0.5) is 11.8 Å². The maximum atomic E-state index is 5.50. The van der Waals surface area contributed by atoms with Gasteiger partial charge in [-0.2, -0.15) is 4.98 Å². The Balaban J connectivity index is 2.01. The minimum absolute atomic E-state index is 0.491. The second-order valence-corrected chi connectivity index (χ2v) is 6.49. The zero-order chi connectivity index (χ0) is 14.1. The van der Waals surface area contributed by atoms with Crippen molar-refractivity contribution >= 4 is 33.3 Å². The molecule has 0 radical (unpaired) electrons. The van der Waals surface area contributed by atoms with Crippen LogP contribution in [0.5, 0.6) is 0 Å². The summed E-state index contributed by atoms with van der Waals surface area (Å²) in [5.41, 5.74) is 2.58. The molecule has 0 aromatic carbocycles. The van der Waals surface area contributed by atoms with E-state index in [0.717, 1.165) is 16.0 Å². The summed E-state index contributed by atoms with van der Waals surface area (Å²) in [6, 6.07) is 2.65. The predicted octanol–water partition coefficient (Wildman–Crippen LogP) is 2.99. The van der Waals surface area contributed by atoms with E-state index < -0.39 is 0 Å². The molecular weight excluding hydrogens is 270 g/mol. The van der Waals surface area contributed by atoms with Gasteiger partial charge in [0.05, 0.1) is 5.39 Å².